The summed E-state index contributed by atoms with van der Waals surface area (Å²) in [7, 11) is 1.63. The Morgan fingerprint density at radius 3 is 2.66 bits per heavy atom. The zero-order valence-electron chi connectivity index (χ0n) is 18.0. The van der Waals surface area contributed by atoms with Gasteiger partial charge in [-0.25, -0.2) is 9.78 Å². The predicted octanol–water partition coefficient (Wildman–Crippen LogP) is 5.69. The number of benzene rings is 2. The fourth-order valence-electron chi connectivity index (χ4n) is 3.46. The van der Waals surface area contributed by atoms with Crippen molar-refractivity contribution in [1.29, 1.82) is 0 Å². The molecule has 0 aliphatic carbocycles. The molecule has 2 heterocycles. The first kappa shape index (κ1) is 22.0. The smallest absolute Gasteiger partial charge is 0.342 e. The van der Waals surface area contributed by atoms with Crippen LogP contribution in [0.3, 0.4) is 0 Å². The van der Waals surface area contributed by atoms with Gasteiger partial charge in [0, 0.05) is 10.4 Å². The van der Waals surface area contributed by atoms with E-state index in [0.29, 0.717) is 28.5 Å². The van der Waals surface area contributed by atoms with Gasteiger partial charge >= 0.3 is 5.97 Å². The van der Waals surface area contributed by atoms with Gasteiger partial charge in [-0.1, -0.05) is 41.9 Å². The molecule has 4 rings (SSSR count). The van der Waals surface area contributed by atoms with Crippen LogP contribution in [-0.2, 0) is 17.9 Å². The summed E-state index contributed by atoms with van der Waals surface area (Å²) in [6, 6.07) is 15.3. The highest BCUT2D eigenvalue weighted by Gasteiger charge is 2.21. The summed E-state index contributed by atoms with van der Waals surface area (Å²) in [5.74, 6) is 0.333. The van der Waals surface area contributed by atoms with Gasteiger partial charge in [0.2, 0.25) is 0 Å². The Balaban J connectivity index is 1.47. The monoisotopic (exact) mass is 467 g/mol. The number of halogens is 1. The van der Waals surface area contributed by atoms with E-state index in [0.717, 1.165) is 27.6 Å². The molecule has 2 aromatic heterocycles. The van der Waals surface area contributed by atoms with Gasteiger partial charge in [-0.15, -0.1) is 11.3 Å². The minimum Gasteiger partial charge on any atom is -0.496 e. The van der Waals surface area contributed by atoms with Gasteiger partial charge in [-0.05, 0) is 37.6 Å². The van der Waals surface area contributed by atoms with Crippen molar-refractivity contribution in [2.45, 2.75) is 27.0 Å². The van der Waals surface area contributed by atoms with E-state index in [4.69, 9.17) is 21.1 Å². The fraction of sp³-hybridized carbons (Fsp3) is 0.208. The Hall–Kier alpha value is -3.16. The van der Waals surface area contributed by atoms with Gasteiger partial charge in [0.05, 0.1) is 36.3 Å². The van der Waals surface area contributed by atoms with Crippen LogP contribution in [0.25, 0.3) is 10.6 Å². The largest absolute Gasteiger partial charge is 0.496 e. The number of ether oxygens (including phenoxy) is 2. The van der Waals surface area contributed by atoms with Crippen molar-refractivity contribution in [2.75, 3.05) is 7.11 Å². The van der Waals surface area contributed by atoms with E-state index >= 15 is 0 Å². The lowest BCUT2D eigenvalue weighted by molar-refractivity contribution is 0.0466. The molecule has 2 aromatic carbocycles. The van der Waals surface area contributed by atoms with E-state index in [9.17, 15) is 4.79 Å². The first-order chi connectivity index (χ1) is 15.5. The van der Waals surface area contributed by atoms with E-state index < -0.39 is 5.97 Å². The van der Waals surface area contributed by atoms with Crippen molar-refractivity contribution in [3.05, 3.63) is 87.1 Å². The van der Waals surface area contributed by atoms with Gasteiger partial charge in [0.15, 0.2) is 0 Å². The highest BCUT2D eigenvalue weighted by Crippen LogP contribution is 2.32. The molecule has 0 bridgehead atoms. The van der Waals surface area contributed by atoms with Gasteiger partial charge in [-0.3, -0.25) is 4.68 Å². The molecule has 0 N–H and O–H groups in total. The topological polar surface area (TPSA) is 66.2 Å². The zero-order chi connectivity index (χ0) is 22.7. The van der Waals surface area contributed by atoms with Gasteiger partial charge in [0.1, 0.15) is 22.9 Å². The Bertz CT molecular complexity index is 1270. The minimum atomic E-state index is -0.419. The number of hydrogen-bond donors (Lipinski definition) is 0. The summed E-state index contributed by atoms with van der Waals surface area (Å²) in [6.07, 6.45) is 0. The number of nitrogens with zero attached hydrogens (tertiary/aromatic N) is 3. The second-order valence-electron chi connectivity index (χ2n) is 7.22. The number of para-hydroxylation sites is 1. The third-order valence-electron chi connectivity index (χ3n) is 5.10. The summed E-state index contributed by atoms with van der Waals surface area (Å²) >= 11 is 7.75. The van der Waals surface area contributed by atoms with E-state index in [1.165, 1.54) is 11.3 Å². The molecular weight excluding hydrogens is 446 g/mol. The van der Waals surface area contributed by atoms with E-state index in [2.05, 4.69) is 10.1 Å². The third-order valence-corrected chi connectivity index (χ3v) is 6.40. The number of hydrogen-bond acceptors (Lipinski definition) is 6. The lowest BCUT2D eigenvalue weighted by Crippen LogP contribution is -2.09. The number of carbonyl (C=O) groups is 1. The molecule has 6 nitrogen and oxygen atoms in total. The molecule has 32 heavy (non-hydrogen) atoms. The van der Waals surface area contributed by atoms with Crippen LogP contribution in [0.1, 0.15) is 33.0 Å². The predicted molar refractivity (Wildman–Crippen MR) is 125 cm³/mol. The standard InChI is InChI=1S/C24H22ClN3O3S/c1-15-22(16(2)28(27-15)12-17-8-4-6-10-20(17)25)24(29)31-13-18-14-32-23(26-18)19-9-5-7-11-21(19)30-3/h4-11,14H,12-13H2,1-3H3. The SMILES string of the molecule is COc1ccccc1-c1nc(COC(=O)c2c(C)nn(Cc3ccccc3Cl)c2C)cs1. The van der Waals surface area contributed by atoms with Crippen LogP contribution < -0.4 is 4.74 Å². The average molecular weight is 468 g/mol. The van der Waals surface area contributed by atoms with Crippen LogP contribution in [0.2, 0.25) is 5.02 Å². The van der Waals surface area contributed by atoms with Crippen molar-refractivity contribution in [3.8, 4) is 16.3 Å². The molecule has 8 heteroatoms. The van der Waals surface area contributed by atoms with E-state index in [1.54, 1.807) is 18.7 Å². The summed E-state index contributed by atoms with van der Waals surface area (Å²) in [4.78, 5) is 17.4. The number of aryl methyl sites for hydroxylation is 1. The van der Waals surface area contributed by atoms with Crippen molar-refractivity contribution in [1.82, 2.24) is 14.8 Å². The molecule has 0 fully saturated rings. The first-order valence-corrected chi connectivity index (χ1v) is 11.3. The first-order valence-electron chi connectivity index (χ1n) is 10.00. The van der Waals surface area contributed by atoms with Crippen LogP contribution in [-0.4, -0.2) is 27.8 Å². The number of aromatic nitrogens is 3. The Morgan fingerprint density at radius 2 is 1.88 bits per heavy atom. The van der Waals surface area contributed by atoms with E-state index in [1.807, 2.05) is 60.8 Å². The fourth-order valence-corrected chi connectivity index (χ4v) is 4.49. The molecular formula is C24H22ClN3O3S. The minimum absolute atomic E-state index is 0.0824. The molecule has 0 atom stereocenters. The summed E-state index contributed by atoms with van der Waals surface area (Å²) < 4.78 is 12.7. The highest BCUT2D eigenvalue weighted by molar-refractivity contribution is 7.13. The number of esters is 1. The molecule has 164 valence electrons. The molecule has 4 aromatic rings. The maximum atomic E-state index is 12.8. The Labute approximate surface area is 195 Å². The number of carbonyl (C=O) groups excluding carboxylic acids is 1. The van der Waals surface area contributed by atoms with Crippen molar-refractivity contribution in [2.24, 2.45) is 0 Å². The Kier molecular flexibility index (Phi) is 6.58. The number of thiazole rings is 1. The average Bonchev–Trinajstić information content (AvgIpc) is 3.38. The molecule has 0 radical (unpaired) electrons. The maximum absolute atomic E-state index is 12.8. The second-order valence-corrected chi connectivity index (χ2v) is 8.48. The molecule has 0 amide bonds. The van der Waals surface area contributed by atoms with Gasteiger partial charge in [0.25, 0.3) is 0 Å². The maximum Gasteiger partial charge on any atom is 0.342 e. The molecule has 0 unspecified atom stereocenters. The van der Waals surface area contributed by atoms with Crippen LogP contribution in [0, 0.1) is 13.8 Å². The molecule has 0 aliphatic rings. The quantitative estimate of drug-likeness (QED) is 0.326. The third kappa shape index (κ3) is 4.54. The van der Waals surface area contributed by atoms with Gasteiger partial charge < -0.3 is 9.47 Å². The lowest BCUT2D eigenvalue weighted by Gasteiger charge is -2.07. The normalized spacial score (nSPS) is 10.9. The molecule has 0 aliphatic heterocycles. The molecule has 0 spiro atoms. The molecule has 0 saturated carbocycles. The summed E-state index contributed by atoms with van der Waals surface area (Å²) in [5, 5.41) is 7.88. The number of methoxy groups -OCH3 is 1. The van der Waals surface area contributed by atoms with Gasteiger partial charge in [-0.2, -0.15) is 5.10 Å². The van der Waals surface area contributed by atoms with Crippen molar-refractivity contribution in [3.63, 3.8) is 0 Å². The molecule has 0 saturated heterocycles. The van der Waals surface area contributed by atoms with E-state index in [-0.39, 0.29) is 6.61 Å². The zero-order valence-corrected chi connectivity index (χ0v) is 19.5. The highest BCUT2D eigenvalue weighted by atomic mass is 35.5. The van der Waals surface area contributed by atoms with Crippen LogP contribution in [0.15, 0.2) is 53.9 Å². The lowest BCUT2D eigenvalue weighted by atomic mass is 10.2. The second kappa shape index (κ2) is 9.54. The van der Waals surface area contributed by atoms with Crippen molar-refractivity contribution < 1.29 is 14.3 Å². The number of rotatable bonds is 7. The van der Waals surface area contributed by atoms with Crippen LogP contribution in [0.5, 0.6) is 5.75 Å². The Morgan fingerprint density at radius 1 is 1.12 bits per heavy atom. The summed E-state index contributed by atoms with van der Waals surface area (Å²) in [5.41, 5.74) is 4.35. The van der Waals surface area contributed by atoms with Crippen molar-refractivity contribution >= 4 is 28.9 Å². The summed E-state index contributed by atoms with van der Waals surface area (Å²) in [6.45, 7) is 4.22. The van der Waals surface area contributed by atoms with Crippen LogP contribution >= 0.6 is 22.9 Å². The van der Waals surface area contributed by atoms with Crippen LogP contribution in [0.4, 0.5) is 0 Å².